The second-order valence-corrected chi connectivity index (χ2v) is 8.17. The molecule has 0 unspecified atom stereocenters. The van der Waals surface area contributed by atoms with Crippen molar-refractivity contribution in [2.45, 2.75) is 30.1 Å². The molecule has 4 rings (SSSR count). The van der Waals surface area contributed by atoms with Gasteiger partial charge in [0.2, 0.25) is 10.9 Å². The first kappa shape index (κ1) is 17.7. The minimum Gasteiger partial charge on any atom is -0.458 e. The Morgan fingerprint density at radius 1 is 1.33 bits per heavy atom. The molecule has 1 atom stereocenters. The third kappa shape index (κ3) is 3.71. The maximum absolute atomic E-state index is 12.2. The van der Waals surface area contributed by atoms with Crippen molar-refractivity contribution in [1.29, 1.82) is 0 Å². The smallest absolute Gasteiger partial charge is 0.307 e. The fourth-order valence-electron chi connectivity index (χ4n) is 2.60. The predicted molar refractivity (Wildman–Crippen MR) is 101 cm³/mol. The second kappa shape index (κ2) is 7.12. The van der Waals surface area contributed by atoms with E-state index < -0.39 is 11.2 Å². The van der Waals surface area contributed by atoms with E-state index in [0.717, 1.165) is 10.6 Å². The Labute approximate surface area is 161 Å². The molecule has 1 amide bonds. The molecule has 0 spiro atoms. The highest BCUT2D eigenvalue weighted by atomic mass is 32.2. The summed E-state index contributed by atoms with van der Waals surface area (Å²) in [6.45, 7) is 1.66. The van der Waals surface area contributed by atoms with E-state index in [-0.39, 0.29) is 24.5 Å². The van der Waals surface area contributed by atoms with Crippen LogP contribution in [0.3, 0.4) is 0 Å². The van der Waals surface area contributed by atoms with Gasteiger partial charge in [-0.2, -0.15) is 9.61 Å². The number of aromatic nitrogens is 3. The average Bonchev–Trinajstić information content (AvgIpc) is 3.04. The van der Waals surface area contributed by atoms with Crippen LogP contribution in [0.15, 0.2) is 40.0 Å². The van der Waals surface area contributed by atoms with E-state index in [0.29, 0.717) is 15.7 Å². The number of ether oxygens (including phenoxy) is 1. The quantitative estimate of drug-likeness (QED) is 0.666. The summed E-state index contributed by atoms with van der Waals surface area (Å²) in [5, 5.41) is 6.83. The molecular weight excluding hydrogens is 388 g/mol. The molecular formula is C17H14N4O4S2. The number of nitrogens with zero attached hydrogens (tertiary/aromatic N) is 3. The molecule has 3 aromatic rings. The number of carbonyl (C=O) groups excluding carboxylic acids is 2. The van der Waals surface area contributed by atoms with Crippen molar-refractivity contribution in [3.05, 3.63) is 51.4 Å². The monoisotopic (exact) mass is 402 g/mol. The molecule has 3 heterocycles. The number of anilines is 1. The van der Waals surface area contributed by atoms with E-state index in [9.17, 15) is 14.4 Å². The fraction of sp³-hybridized carbons (Fsp3) is 0.235. The molecule has 0 saturated heterocycles. The molecule has 2 aromatic heterocycles. The fourth-order valence-corrected chi connectivity index (χ4v) is 4.55. The van der Waals surface area contributed by atoms with Crippen molar-refractivity contribution in [2.24, 2.45) is 0 Å². The van der Waals surface area contributed by atoms with Crippen LogP contribution in [-0.2, 0) is 20.9 Å². The molecule has 1 N–H and O–H groups in total. The van der Waals surface area contributed by atoms with Gasteiger partial charge in [0.05, 0.1) is 17.4 Å². The molecule has 0 fully saturated rings. The van der Waals surface area contributed by atoms with E-state index in [2.05, 4.69) is 15.4 Å². The number of aryl methyl sites for hydroxylation is 1. The topological polar surface area (TPSA) is 103 Å². The number of fused-ring (bicyclic) bond motifs is 2. The van der Waals surface area contributed by atoms with Crippen molar-refractivity contribution in [2.75, 3.05) is 5.32 Å². The summed E-state index contributed by atoms with van der Waals surface area (Å²) in [7, 11) is 0. The van der Waals surface area contributed by atoms with Gasteiger partial charge >= 0.3 is 5.97 Å². The largest absolute Gasteiger partial charge is 0.458 e. The molecule has 10 heteroatoms. The number of hydrogen-bond acceptors (Lipinski definition) is 8. The van der Waals surface area contributed by atoms with Gasteiger partial charge in [-0.3, -0.25) is 14.4 Å². The summed E-state index contributed by atoms with van der Waals surface area (Å²) in [5.41, 5.74) is 1.08. The summed E-state index contributed by atoms with van der Waals surface area (Å²) < 4.78 is 6.42. The Kier molecular flexibility index (Phi) is 4.66. The normalized spacial score (nSPS) is 16.0. The lowest BCUT2D eigenvalue weighted by atomic mass is 10.2. The van der Waals surface area contributed by atoms with Crippen molar-refractivity contribution < 1.29 is 14.3 Å². The van der Waals surface area contributed by atoms with Crippen molar-refractivity contribution in [3.63, 3.8) is 0 Å². The number of para-hydroxylation sites is 1. The van der Waals surface area contributed by atoms with Gasteiger partial charge in [0, 0.05) is 16.7 Å². The van der Waals surface area contributed by atoms with E-state index in [1.54, 1.807) is 6.92 Å². The minimum absolute atomic E-state index is 0.0486. The molecule has 0 radical (unpaired) electrons. The second-order valence-electron chi connectivity index (χ2n) is 5.88. The summed E-state index contributed by atoms with van der Waals surface area (Å²) in [6.07, 6.45) is -0.0486. The summed E-state index contributed by atoms with van der Waals surface area (Å²) in [6, 6.07) is 8.82. The van der Waals surface area contributed by atoms with Crippen molar-refractivity contribution in [1.82, 2.24) is 14.6 Å². The van der Waals surface area contributed by atoms with Gasteiger partial charge in [-0.1, -0.05) is 23.5 Å². The molecule has 1 aromatic carbocycles. The average molecular weight is 402 g/mol. The lowest BCUT2D eigenvalue weighted by Crippen LogP contribution is -2.31. The number of hydrogen-bond donors (Lipinski definition) is 1. The molecule has 0 aliphatic carbocycles. The van der Waals surface area contributed by atoms with Gasteiger partial charge < -0.3 is 10.1 Å². The minimum atomic E-state index is -0.547. The molecule has 138 valence electrons. The van der Waals surface area contributed by atoms with Gasteiger partial charge in [0.15, 0.2) is 5.01 Å². The van der Waals surface area contributed by atoms with E-state index in [4.69, 9.17) is 4.74 Å². The zero-order chi connectivity index (χ0) is 19.0. The lowest BCUT2D eigenvalue weighted by Gasteiger charge is -2.23. The van der Waals surface area contributed by atoms with Crippen molar-refractivity contribution in [3.8, 4) is 0 Å². The first-order valence-electron chi connectivity index (χ1n) is 8.08. The SMILES string of the molecule is Cc1cc(=O)n2nc(COC(=O)C[C@H]3Sc4ccccc4NC3=O)sc2n1. The van der Waals surface area contributed by atoms with E-state index in [1.165, 1.54) is 33.7 Å². The van der Waals surface area contributed by atoms with Gasteiger partial charge in [-0.25, -0.2) is 4.98 Å². The molecule has 1 aliphatic rings. The molecule has 27 heavy (non-hydrogen) atoms. The van der Waals surface area contributed by atoms with Crippen LogP contribution in [0.5, 0.6) is 0 Å². The zero-order valence-corrected chi connectivity index (χ0v) is 15.8. The van der Waals surface area contributed by atoms with E-state index in [1.807, 2.05) is 24.3 Å². The number of benzene rings is 1. The van der Waals surface area contributed by atoms with Crippen LogP contribution < -0.4 is 10.9 Å². The van der Waals surface area contributed by atoms with Crippen molar-refractivity contribution >= 4 is 45.6 Å². The summed E-state index contributed by atoms with van der Waals surface area (Å²) in [5.74, 6) is -0.723. The molecule has 0 bridgehead atoms. The summed E-state index contributed by atoms with van der Waals surface area (Å²) in [4.78, 5) is 41.8. The van der Waals surface area contributed by atoms with Crippen LogP contribution >= 0.6 is 23.1 Å². The third-order valence-corrected chi connectivity index (χ3v) is 5.99. The van der Waals surface area contributed by atoms with Crippen LogP contribution in [0.1, 0.15) is 17.1 Å². The Bertz CT molecular complexity index is 1110. The molecule has 1 aliphatic heterocycles. The van der Waals surface area contributed by atoms with E-state index >= 15 is 0 Å². The van der Waals surface area contributed by atoms with Gasteiger partial charge in [0.1, 0.15) is 6.61 Å². The first-order valence-corrected chi connectivity index (χ1v) is 9.78. The highest BCUT2D eigenvalue weighted by molar-refractivity contribution is 8.01. The highest BCUT2D eigenvalue weighted by Gasteiger charge is 2.29. The molecule has 0 saturated carbocycles. The Morgan fingerprint density at radius 2 is 2.15 bits per heavy atom. The van der Waals surface area contributed by atoms with Crippen LogP contribution in [0.2, 0.25) is 0 Å². The van der Waals surface area contributed by atoms with Gasteiger partial charge in [-0.05, 0) is 19.1 Å². The third-order valence-electron chi connectivity index (χ3n) is 3.83. The Balaban J connectivity index is 1.40. The lowest BCUT2D eigenvalue weighted by molar-refractivity contribution is -0.145. The van der Waals surface area contributed by atoms with Crippen LogP contribution in [-0.4, -0.2) is 31.7 Å². The number of rotatable bonds is 4. The number of carbonyl (C=O) groups is 2. The maximum Gasteiger partial charge on any atom is 0.307 e. The number of thioether (sulfide) groups is 1. The van der Waals surface area contributed by atoms with Crippen LogP contribution in [0.25, 0.3) is 4.96 Å². The molecule has 8 nitrogen and oxygen atoms in total. The standard InChI is InChI=1S/C17H14N4O4S2/c1-9-6-14(22)21-17(18-9)27-13(20-21)8-25-15(23)7-12-16(24)19-10-4-2-3-5-11(10)26-12/h2-6,12H,7-8H2,1H3,(H,19,24)/t12-/m1/s1. The van der Waals surface area contributed by atoms with Crippen LogP contribution in [0, 0.1) is 6.92 Å². The Morgan fingerprint density at radius 3 is 3.00 bits per heavy atom. The maximum atomic E-state index is 12.2. The summed E-state index contributed by atoms with van der Waals surface area (Å²) >= 11 is 2.53. The number of esters is 1. The zero-order valence-electron chi connectivity index (χ0n) is 14.2. The number of nitrogens with one attached hydrogen (secondary N) is 1. The first-order chi connectivity index (χ1) is 13.0. The number of amides is 1. The van der Waals surface area contributed by atoms with Crippen LogP contribution in [0.4, 0.5) is 5.69 Å². The predicted octanol–water partition coefficient (Wildman–Crippen LogP) is 2.01. The highest BCUT2D eigenvalue weighted by Crippen LogP contribution is 2.36. The Hall–Kier alpha value is -2.72. The van der Waals surface area contributed by atoms with Gasteiger partial charge in [-0.15, -0.1) is 11.8 Å². The van der Waals surface area contributed by atoms with Gasteiger partial charge in [0.25, 0.3) is 5.56 Å².